The van der Waals surface area contributed by atoms with Gasteiger partial charge < -0.3 is 14.9 Å². The van der Waals surface area contributed by atoms with Crippen LogP contribution < -0.4 is 0 Å². The molecule has 6 nitrogen and oxygen atoms in total. The fourth-order valence-corrected chi connectivity index (χ4v) is 2.97. The third-order valence-electron chi connectivity index (χ3n) is 4.64. The van der Waals surface area contributed by atoms with E-state index in [-0.39, 0.29) is 24.0 Å². The lowest BCUT2D eigenvalue weighted by Gasteiger charge is -2.44. The maximum atomic E-state index is 12.5. The summed E-state index contributed by atoms with van der Waals surface area (Å²) in [4.78, 5) is 36.1. The molecule has 1 fully saturated rings. The monoisotopic (exact) mass is 282 g/mol. The summed E-state index contributed by atoms with van der Waals surface area (Å²) in [6.07, 6.45) is 0.0574. The van der Waals surface area contributed by atoms with E-state index in [1.54, 1.807) is 0 Å². The number of aliphatic hydroxyl groups is 1. The Labute approximate surface area is 116 Å². The first-order valence-corrected chi connectivity index (χ1v) is 6.42. The van der Waals surface area contributed by atoms with Gasteiger partial charge >= 0.3 is 5.97 Å². The summed E-state index contributed by atoms with van der Waals surface area (Å²) in [5, 5.41) is 19.8. The van der Waals surface area contributed by atoms with Gasteiger partial charge in [-0.05, 0) is 40.5 Å². The lowest BCUT2D eigenvalue weighted by Crippen LogP contribution is -2.65. The highest BCUT2D eigenvalue weighted by molar-refractivity contribution is 6.19. The molecule has 6 heteroatoms. The highest BCUT2D eigenvalue weighted by atomic mass is 16.6. The zero-order chi connectivity index (χ0) is 15.5. The van der Waals surface area contributed by atoms with Crippen molar-refractivity contribution >= 4 is 17.5 Å². The summed E-state index contributed by atoms with van der Waals surface area (Å²) in [7, 11) is 0. The molecule has 0 aromatic rings. The van der Waals surface area contributed by atoms with Gasteiger partial charge in [-0.2, -0.15) is 0 Å². The SMILES string of the molecule is CC1=C(C)C(=O)[C@]2(CC[C@](C)(C(=O)O)O2)[C@](C)(O)C1=O. The molecule has 1 spiro atoms. The zero-order valence-electron chi connectivity index (χ0n) is 11.9. The fraction of sp³-hybridized carbons (Fsp3) is 0.643. The Bertz CT molecular complexity index is 558. The molecule has 0 aromatic heterocycles. The molecular weight excluding hydrogens is 264 g/mol. The van der Waals surface area contributed by atoms with Crippen LogP contribution in [0.3, 0.4) is 0 Å². The number of rotatable bonds is 1. The van der Waals surface area contributed by atoms with E-state index in [0.29, 0.717) is 0 Å². The number of hydrogen-bond acceptors (Lipinski definition) is 5. The summed E-state index contributed by atoms with van der Waals surface area (Å²) in [5.74, 6) is -2.32. The number of ether oxygens (including phenoxy) is 1. The van der Waals surface area contributed by atoms with E-state index < -0.39 is 34.3 Å². The van der Waals surface area contributed by atoms with Gasteiger partial charge in [0.2, 0.25) is 0 Å². The minimum atomic E-state index is -2.05. The van der Waals surface area contributed by atoms with Crippen molar-refractivity contribution in [3.05, 3.63) is 11.1 Å². The minimum absolute atomic E-state index is 0.00199. The first-order chi connectivity index (χ1) is 8.99. The van der Waals surface area contributed by atoms with Crippen LogP contribution in [0.15, 0.2) is 11.1 Å². The summed E-state index contributed by atoms with van der Waals surface area (Å²) < 4.78 is 5.50. The number of carboxylic acids is 1. The first kappa shape index (κ1) is 14.9. The van der Waals surface area contributed by atoms with Gasteiger partial charge in [0.15, 0.2) is 28.4 Å². The van der Waals surface area contributed by atoms with Gasteiger partial charge in [-0.1, -0.05) is 0 Å². The molecule has 1 aliphatic carbocycles. The molecule has 1 saturated heterocycles. The van der Waals surface area contributed by atoms with Gasteiger partial charge in [0, 0.05) is 11.1 Å². The second-order valence-corrected chi connectivity index (χ2v) is 5.95. The third-order valence-corrected chi connectivity index (χ3v) is 4.64. The molecule has 2 rings (SSSR count). The van der Waals surface area contributed by atoms with Gasteiger partial charge in [0.25, 0.3) is 0 Å². The summed E-state index contributed by atoms with van der Waals surface area (Å²) in [6.45, 7) is 5.53. The van der Waals surface area contributed by atoms with Crippen LogP contribution in [0.25, 0.3) is 0 Å². The Kier molecular flexibility index (Phi) is 2.97. The normalized spacial score (nSPS) is 41.6. The van der Waals surface area contributed by atoms with E-state index in [9.17, 15) is 24.6 Å². The van der Waals surface area contributed by atoms with Crippen molar-refractivity contribution in [2.75, 3.05) is 0 Å². The number of carbonyl (C=O) groups is 3. The van der Waals surface area contributed by atoms with Gasteiger partial charge in [-0.15, -0.1) is 0 Å². The highest BCUT2D eigenvalue weighted by Crippen LogP contribution is 2.49. The van der Waals surface area contributed by atoms with Crippen LogP contribution in [-0.4, -0.2) is 44.6 Å². The molecular formula is C14H18O6. The van der Waals surface area contributed by atoms with Gasteiger partial charge in [0.1, 0.15) is 0 Å². The van der Waals surface area contributed by atoms with Crippen molar-refractivity contribution in [3.8, 4) is 0 Å². The zero-order valence-corrected chi connectivity index (χ0v) is 11.9. The first-order valence-electron chi connectivity index (χ1n) is 6.42. The van der Waals surface area contributed by atoms with Crippen LogP contribution in [0.1, 0.15) is 40.5 Å². The molecule has 0 aromatic carbocycles. The van der Waals surface area contributed by atoms with E-state index in [4.69, 9.17) is 4.74 Å². The van der Waals surface area contributed by atoms with Crippen molar-refractivity contribution in [1.82, 2.24) is 0 Å². The van der Waals surface area contributed by atoms with Crippen LogP contribution in [0.5, 0.6) is 0 Å². The molecule has 20 heavy (non-hydrogen) atoms. The predicted octanol–water partition coefficient (Wildman–Crippen LogP) is 0.618. The molecule has 1 aliphatic heterocycles. The Morgan fingerprint density at radius 2 is 1.60 bits per heavy atom. The molecule has 3 atom stereocenters. The van der Waals surface area contributed by atoms with Crippen LogP contribution in [0.4, 0.5) is 0 Å². The smallest absolute Gasteiger partial charge is 0.335 e. The minimum Gasteiger partial charge on any atom is -0.479 e. The molecule has 0 saturated carbocycles. The Morgan fingerprint density at radius 1 is 1.10 bits per heavy atom. The Hall–Kier alpha value is -1.53. The average molecular weight is 282 g/mol. The predicted molar refractivity (Wildman–Crippen MR) is 68.1 cm³/mol. The van der Waals surface area contributed by atoms with E-state index in [2.05, 4.69) is 0 Å². The fourth-order valence-electron chi connectivity index (χ4n) is 2.97. The van der Waals surface area contributed by atoms with Crippen LogP contribution in [0, 0.1) is 0 Å². The molecule has 0 unspecified atom stereocenters. The molecule has 110 valence electrons. The number of aliphatic carboxylic acids is 1. The topological polar surface area (TPSA) is 101 Å². The van der Waals surface area contributed by atoms with E-state index in [1.807, 2.05) is 0 Å². The van der Waals surface area contributed by atoms with Gasteiger partial charge in [-0.3, -0.25) is 9.59 Å². The lowest BCUT2D eigenvalue weighted by atomic mass is 9.67. The summed E-state index contributed by atoms with van der Waals surface area (Å²) in [5.41, 5.74) is -5.03. The van der Waals surface area contributed by atoms with Crippen molar-refractivity contribution in [2.24, 2.45) is 0 Å². The lowest BCUT2D eigenvalue weighted by molar-refractivity contribution is -0.205. The van der Waals surface area contributed by atoms with Crippen molar-refractivity contribution in [3.63, 3.8) is 0 Å². The average Bonchev–Trinajstić information content (AvgIpc) is 2.75. The van der Waals surface area contributed by atoms with Gasteiger partial charge in [-0.25, -0.2) is 4.79 Å². The maximum Gasteiger partial charge on any atom is 0.335 e. The largest absolute Gasteiger partial charge is 0.479 e. The maximum absolute atomic E-state index is 12.5. The number of hydrogen-bond donors (Lipinski definition) is 2. The van der Waals surface area contributed by atoms with Crippen molar-refractivity contribution in [1.29, 1.82) is 0 Å². The molecule has 0 amide bonds. The van der Waals surface area contributed by atoms with E-state index in [1.165, 1.54) is 27.7 Å². The molecule has 2 aliphatic rings. The molecule has 0 radical (unpaired) electrons. The second-order valence-electron chi connectivity index (χ2n) is 5.95. The van der Waals surface area contributed by atoms with Gasteiger partial charge in [0.05, 0.1) is 0 Å². The Morgan fingerprint density at radius 3 is 2.05 bits per heavy atom. The number of carbonyl (C=O) groups excluding carboxylic acids is 2. The molecule has 1 heterocycles. The number of ketones is 2. The van der Waals surface area contributed by atoms with Crippen LogP contribution in [0.2, 0.25) is 0 Å². The van der Waals surface area contributed by atoms with Crippen molar-refractivity contribution < 1.29 is 29.3 Å². The number of Topliss-reactive ketones (excluding diaryl/α,β-unsaturated/α-hetero) is 2. The molecule has 0 bridgehead atoms. The standard InChI is InChI=1S/C14H18O6/c1-7-8(2)10(16)14(13(4,19)9(7)15)6-5-12(3,20-14)11(17)18/h19H,5-6H2,1-4H3,(H,17,18)/t12-,13-,14-/m1/s1. The Balaban J connectivity index is 2.60. The summed E-state index contributed by atoms with van der Waals surface area (Å²) in [6, 6.07) is 0. The van der Waals surface area contributed by atoms with E-state index in [0.717, 1.165) is 0 Å². The second kappa shape index (κ2) is 3.99. The highest BCUT2D eigenvalue weighted by Gasteiger charge is 2.67. The third kappa shape index (κ3) is 1.55. The van der Waals surface area contributed by atoms with E-state index >= 15 is 0 Å². The number of carboxylic acid groups (broad SMARTS) is 1. The van der Waals surface area contributed by atoms with Crippen molar-refractivity contribution in [2.45, 2.75) is 57.3 Å². The van der Waals surface area contributed by atoms with Crippen LogP contribution in [-0.2, 0) is 19.1 Å². The van der Waals surface area contributed by atoms with Crippen LogP contribution >= 0.6 is 0 Å². The molecule has 2 N–H and O–H groups in total. The summed E-state index contributed by atoms with van der Waals surface area (Å²) >= 11 is 0. The quantitative estimate of drug-likeness (QED) is 0.731.